The molecule has 2 nitrogen and oxygen atoms in total. The molecule has 0 saturated carbocycles. The molecule has 122 valence electrons. The van der Waals surface area contributed by atoms with E-state index in [2.05, 4.69) is 25.8 Å². The fourth-order valence-corrected chi connectivity index (χ4v) is 3.78. The number of aromatic hydroxyl groups is 1. The number of hydrogen-bond acceptors (Lipinski definition) is 2. The summed E-state index contributed by atoms with van der Waals surface area (Å²) in [5.41, 5.74) is 2.67. The summed E-state index contributed by atoms with van der Waals surface area (Å²) in [6.07, 6.45) is 1.66. The number of phenols is 1. The summed E-state index contributed by atoms with van der Waals surface area (Å²) in [5.74, 6) is 0.0578. The predicted octanol–water partition coefficient (Wildman–Crippen LogP) is 3.82. The molecule has 0 radical (unpaired) electrons. The van der Waals surface area contributed by atoms with E-state index in [1.807, 2.05) is 19.1 Å². The molecular weight excluding hydrogens is 308 g/mol. The molecule has 0 heterocycles. The van der Waals surface area contributed by atoms with Crippen LogP contribution in [0.3, 0.4) is 0 Å². The number of aryl methyl sites for hydroxylation is 1. The third kappa shape index (κ3) is 4.17. The van der Waals surface area contributed by atoms with Crippen LogP contribution in [0.1, 0.15) is 37.5 Å². The quantitative estimate of drug-likeness (QED) is 0.673. The summed E-state index contributed by atoms with van der Waals surface area (Å²) in [4.78, 5) is 4.00. The van der Waals surface area contributed by atoms with Crippen LogP contribution in [0.25, 0.3) is 0 Å². The number of nitrogens with zero attached hydrogens (tertiary/aromatic N) is 1. The van der Waals surface area contributed by atoms with Gasteiger partial charge in [0.2, 0.25) is 0 Å². The van der Waals surface area contributed by atoms with E-state index in [4.69, 9.17) is 0 Å². The lowest BCUT2D eigenvalue weighted by Crippen LogP contribution is -2.17. The molecule has 2 rings (SSSR count). The summed E-state index contributed by atoms with van der Waals surface area (Å²) < 4.78 is 13.5. The van der Waals surface area contributed by atoms with Gasteiger partial charge in [0.05, 0.1) is 0 Å². The van der Waals surface area contributed by atoms with Crippen molar-refractivity contribution in [1.82, 2.24) is 0 Å². The number of hydrogen-bond donors (Lipinski definition) is 1. The summed E-state index contributed by atoms with van der Waals surface area (Å²) in [6.45, 7) is 8.28. The van der Waals surface area contributed by atoms with Gasteiger partial charge in [0.15, 0.2) is 0 Å². The lowest BCUT2D eigenvalue weighted by atomic mass is 9.85. The Hall–Kier alpha value is -1.73. The van der Waals surface area contributed by atoms with Crippen molar-refractivity contribution in [2.75, 3.05) is 7.05 Å². The van der Waals surface area contributed by atoms with Crippen molar-refractivity contribution in [2.24, 2.45) is 4.99 Å². The van der Waals surface area contributed by atoms with Crippen molar-refractivity contribution in [2.45, 2.75) is 33.1 Å². The van der Waals surface area contributed by atoms with Gasteiger partial charge < -0.3 is 5.11 Å². The Bertz CT molecular complexity index is 748. The minimum absolute atomic E-state index is 0.133. The zero-order valence-corrected chi connectivity index (χ0v) is 15.2. The van der Waals surface area contributed by atoms with Gasteiger partial charge in [-0.05, 0) is 41.4 Å². The van der Waals surface area contributed by atoms with Crippen molar-refractivity contribution in [3.05, 3.63) is 52.8 Å². The molecule has 2 aromatic carbocycles. The number of phenolic OH excluding ortho intramolecular Hbond substituents is 1. The van der Waals surface area contributed by atoms with Crippen LogP contribution in [0.5, 0.6) is 5.75 Å². The van der Waals surface area contributed by atoms with Crippen LogP contribution in [-0.4, -0.2) is 18.4 Å². The van der Waals surface area contributed by atoms with Crippen LogP contribution < -0.4 is 10.6 Å². The van der Waals surface area contributed by atoms with E-state index in [9.17, 15) is 9.50 Å². The first kappa shape index (κ1) is 17.6. The topological polar surface area (TPSA) is 32.6 Å². The second-order valence-electron chi connectivity index (χ2n) is 6.70. The first-order valence-corrected chi connectivity index (χ1v) is 8.55. The summed E-state index contributed by atoms with van der Waals surface area (Å²) in [6, 6.07) is 8.73. The molecule has 1 unspecified atom stereocenters. The summed E-state index contributed by atoms with van der Waals surface area (Å²) >= 11 is 0. The Morgan fingerprint density at radius 2 is 1.83 bits per heavy atom. The van der Waals surface area contributed by atoms with Crippen LogP contribution in [0.15, 0.2) is 35.3 Å². The molecule has 23 heavy (non-hydrogen) atoms. The van der Waals surface area contributed by atoms with Gasteiger partial charge in [0.25, 0.3) is 0 Å². The number of halogens is 1. The molecule has 0 aromatic heterocycles. The molecule has 0 aliphatic rings. The predicted molar refractivity (Wildman–Crippen MR) is 99.0 cm³/mol. The second-order valence-corrected chi connectivity index (χ2v) is 8.03. The smallest absolute Gasteiger partial charge is 0.127 e. The molecule has 0 bridgehead atoms. The van der Waals surface area contributed by atoms with Gasteiger partial charge in [-0.15, -0.1) is 0 Å². The van der Waals surface area contributed by atoms with Crippen LogP contribution in [0.2, 0.25) is 0 Å². The van der Waals surface area contributed by atoms with Gasteiger partial charge in [0.1, 0.15) is 11.6 Å². The summed E-state index contributed by atoms with van der Waals surface area (Å²) in [7, 11) is 1.91. The monoisotopic (exact) mass is 331 g/mol. The number of benzene rings is 2. The van der Waals surface area contributed by atoms with Gasteiger partial charge in [-0.1, -0.05) is 41.5 Å². The highest BCUT2D eigenvalue weighted by Gasteiger charge is 2.21. The minimum Gasteiger partial charge on any atom is -0.507 e. The highest BCUT2D eigenvalue weighted by molar-refractivity contribution is 7.56. The fraction of sp³-hybridized carbons (Fsp3) is 0.316. The van der Waals surface area contributed by atoms with E-state index in [1.54, 1.807) is 19.3 Å². The first-order valence-electron chi connectivity index (χ1n) is 7.55. The van der Waals surface area contributed by atoms with Crippen molar-refractivity contribution < 1.29 is 9.50 Å². The first-order chi connectivity index (χ1) is 10.7. The second kappa shape index (κ2) is 6.80. The lowest BCUT2D eigenvalue weighted by Gasteiger charge is -2.23. The standard InChI is InChI=1S/C19H23FNOP/c1-12-8-15(19(2,3)4)18(22)17(9-12)23-16-7-6-14(20)10-13(16)11-21-5/h6-11,22-23H,1-5H3/b21-11+. The highest BCUT2D eigenvalue weighted by Crippen LogP contribution is 2.33. The normalized spacial score (nSPS) is 12.6. The highest BCUT2D eigenvalue weighted by atomic mass is 31.1. The lowest BCUT2D eigenvalue weighted by molar-refractivity contribution is 0.450. The molecular formula is C19H23FNOP. The molecule has 0 spiro atoms. The van der Waals surface area contributed by atoms with E-state index in [1.165, 1.54) is 12.1 Å². The van der Waals surface area contributed by atoms with Gasteiger partial charge in [-0.3, -0.25) is 4.99 Å². The van der Waals surface area contributed by atoms with Crippen molar-refractivity contribution in [1.29, 1.82) is 0 Å². The zero-order valence-electron chi connectivity index (χ0n) is 14.2. The number of aliphatic imine (C=N–C) groups is 1. The molecule has 0 amide bonds. The SMILES string of the molecule is C/N=C/c1cc(F)ccc1Pc1cc(C)cc(C(C)(C)C)c1O. The Morgan fingerprint density at radius 3 is 2.43 bits per heavy atom. The van der Waals surface area contributed by atoms with E-state index >= 15 is 0 Å². The molecule has 2 aromatic rings. The van der Waals surface area contributed by atoms with Crippen LogP contribution in [0.4, 0.5) is 4.39 Å². The van der Waals surface area contributed by atoms with Crippen molar-refractivity contribution in [3.63, 3.8) is 0 Å². The summed E-state index contributed by atoms with van der Waals surface area (Å²) in [5, 5.41) is 12.5. The molecule has 0 saturated heterocycles. The Balaban J connectivity index is 2.51. The third-order valence-electron chi connectivity index (χ3n) is 3.61. The van der Waals surface area contributed by atoms with Crippen LogP contribution in [0, 0.1) is 12.7 Å². The van der Waals surface area contributed by atoms with E-state index in [0.29, 0.717) is 5.75 Å². The van der Waals surface area contributed by atoms with Gasteiger partial charge in [0, 0.05) is 29.7 Å². The Kier molecular flexibility index (Phi) is 5.21. The minimum atomic E-state index is -0.280. The maximum atomic E-state index is 13.5. The van der Waals surface area contributed by atoms with Crippen molar-refractivity contribution >= 4 is 25.4 Å². The maximum absolute atomic E-state index is 13.5. The molecule has 0 aliphatic carbocycles. The Labute approximate surface area is 139 Å². The molecule has 1 atom stereocenters. The zero-order chi connectivity index (χ0) is 17.2. The average molecular weight is 331 g/mol. The largest absolute Gasteiger partial charge is 0.507 e. The Morgan fingerprint density at radius 1 is 1.13 bits per heavy atom. The van der Waals surface area contributed by atoms with Crippen LogP contribution in [-0.2, 0) is 5.41 Å². The van der Waals surface area contributed by atoms with Gasteiger partial charge >= 0.3 is 0 Å². The number of rotatable bonds is 3. The molecule has 4 heteroatoms. The van der Waals surface area contributed by atoms with Crippen LogP contribution >= 0.6 is 8.58 Å². The van der Waals surface area contributed by atoms with Gasteiger partial charge in [-0.25, -0.2) is 4.39 Å². The van der Waals surface area contributed by atoms with E-state index < -0.39 is 0 Å². The molecule has 0 aliphatic heterocycles. The van der Waals surface area contributed by atoms with E-state index in [-0.39, 0.29) is 19.8 Å². The average Bonchev–Trinajstić information content (AvgIpc) is 2.44. The molecule has 1 N–H and O–H groups in total. The third-order valence-corrected chi connectivity index (χ3v) is 4.99. The van der Waals surface area contributed by atoms with Gasteiger partial charge in [-0.2, -0.15) is 0 Å². The fourth-order valence-electron chi connectivity index (χ4n) is 2.48. The van der Waals surface area contributed by atoms with Crippen molar-refractivity contribution in [3.8, 4) is 5.75 Å². The molecule has 0 fully saturated rings. The maximum Gasteiger partial charge on any atom is 0.127 e. The van der Waals surface area contributed by atoms with E-state index in [0.717, 1.165) is 27.3 Å².